The van der Waals surface area contributed by atoms with Gasteiger partial charge in [0.2, 0.25) is 0 Å². The third-order valence-corrected chi connectivity index (χ3v) is 6.67. The van der Waals surface area contributed by atoms with Crippen molar-refractivity contribution in [2.45, 2.75) is 52.5 Å². The fourth-order valence-electron chi connectivity index (χ4n) is 4.65. The Morgan fingerprint density at radius 1 is 1.18 bits per heavy atom. The van der Waals surface area contributed by atoms with E-state index in [0.29, 0.717) is 48.6 Å². The minimum absolute atomic E-state index is 0. The van der Waals surface area contributed by atoms with Crippen LogP contribution in [0.5, 0.6) is 5.75 Å². The Balaban J connectivity index is 0.00000533. The molecule has 3 rings (SSSR count). The SMILES string of the molecule is Br.CCOc1cc2c(cc1C(=O)NC)C(=N)N(CC(=O)c1ccc(N(C)CCCC(=O)O)c(C(C)(C)C)c1)C2. The number of amides is 1. The van der Waals surface area contributed by atoms with Gasteiger partial charge in [-0.3, -0.25) is 19.8 Å². The van der Waals surface area contributed by atoms with Gasteiger partial charge in [-0.1, -0.05) is 20.8 Å². The van der Waals surface area contributed by atoms with E-state index in [9.17, 15) is 14.4 Å². The average molecular weight is 604 g/mol. The summed E-state index contributed by atoms with van der Waals surface area (Å²) in [5.74, 6) is -0.549. The highest BCUT2D eigenvalue weighted by molar-refractivity contribution is 8.93. The van der Waals surface area contributed by atoms with Crippen molar-refractivity contribution in [1.29, 1.82) is 5.41 Å². The molecule has 39 heavy (non-hydrogen) atoms. The lowest BCUT2D eigenvalue weighted by Gasteiger charge is -2.29. The Hall–Kier alpha value is -3.40. The van der Waals surface area contributed by atoms with Crippen molar-refractivity contribution < 1.29 is 24.2 Å². The third kappa shape index (κ3) is 7.38. The van der Waals surface area contributed by atoms with Crippen LogP contribution in [0.2, 0.25) is 0 Å². The summed E-state index contributed by atoms with van der Waals surface area (Å²) in [5, 5.41) is 20.3. The van der Waals surface area contributed by atoms with Gasteiger partial charge in [0.25, 0.3) is 5.91 Å². The van der Waals surface area contributed by atoms with Gasteiger partial charge in [0.05, 0.1) is 18.7 Å². The predicted octanol–water partition coefficient (Wildman–Crippen LogP) is 4.65. The molecule has 10 heteroatoms. The fourth-order valence-corrected chi connectivity index (χ4v) is 4.65. The first-order valence-corrected chi connectivity index (χ1v) is 12.8. The van der Waals surface area contributed by atoms with Crippen molar-refractivity contribution in [3.63, 3.8) is 0 Å². The Kier molecular flexibility index (Phi) is 10.7. The number of carboxylic acids is 1. The van der Waals surface area contributed by atoms with Crippen LogP contribution in [0.4, 0.5) is 5.69 Å². The van der Waals surface area contributed by atoms with E-state index in [1.807, 2.05) is 31.0 Å². The molecule has 1 heterocycles. The minimum atomic E-state index is -0.816. The third-order valence-electron chi connectivity index (χ3n) is 6.67. The van der Waals surface area contributed by atoms with Crippen LogP contribution in [0, 0.1) is 5.41 Å². The van der Waals surface area contributed by atoms with E-state index in [2.05, 4.69) is 26.1 Å². The normalized spacial score (nSPS) is 12.5. The number of halogens is 1. The molecule has 0 fully saturated rings. The zero-order valence-corrected chi connectivity index (χ0v) is 25.2. The highest BCUT2D eigenvalue weighted by atomic mass is 79.9. The summed E-state index contributed by atoms with van der Waals surface area (Å²) in [5.41, 5.74) is 4.10. The number of ketones is 1. The molecule has 2 aromatic rings. The van der Waals surface area contributed by atoms with E-state index in [-0.39, 0.29) is 52.9 Å². The Labute approximate surface area is 240 Å². The Morgan fingerprint density at radius 3 is 2.46 bits per heavy atom. The predicted molar refractivity (Wildman–Crippen MR) is 158 cm³/mol. The maximum absolute atomic E-state index is 13.4. The van der Waals surface area contributed by atoms with Gasteiger partial charge >= 0.3 is 5.97 Å². The number of ether oxygens (including phenoxy) is 1. The van der Waals surface area contributed by atoms with Crippen molar-refractivity contribution in [3.05, 3.63) is 58.1 Å². The lowest BCUT2D eigenvalue weighted by molar-refractivity contribution is -0.137. The maximum atomic E-state index is 13.4. The summed E-state index contributed by atoms with van der Waals surface area (Å²) < 4.78 is 5.67. The molecule has 0 saturated carbocycles. The van der Waals surface area contributed by atoms with E-state index in [4.69, 9.17) is 15.3 Å². The quantitative estimate of drug-likeness (QED) is 0.320. The van der Waals surface area contributed by atoms with Gasteiger partial charge in [0.15, 0.2) is 5.78 Å². The fraction of sp³-hybridized carbons (Fsp3) is 0.448. The van der Waals surface area contributed by atoms with Gasteiger partial charge in [-0.15, -0.1) is 17.0 Å². The van der Waals surface area contributed by atoms with Crippen LogP contribution in [-0.4, -0.2) is 67.3 Å². The number of carboxylic acid groups (broad SMARTS) is 1. The molecule has 2 aromatic carbocycles. The molecule has 0 aromatic heterocycles. The molecule has 0 spiro atoms. The van der Waals surface area contributed by atoms with E-state index in [1.165, 1.54) is 0 Å². The first-order valence-electron chi connectivity index (χ1n) is 12.8. The van der Waals surface area contributed by atoms with Crippen LogP contribution < -0.4 is 15.0 Å². The number of carbonyl (C=O) groups is 3. The first-order chi connectivity index (χ1) is 17.9. The second kappa shape index (κ2) is 13.1. The number of rotatable bonds is 11. The summed E-state index contributed by atoms with van der Waals surface area (Å²) in [6.45, 7) is 9.50. The van der Waals surface area contributed by atoms with Crippen LogP contribution in [-0.2, 0) is 16.8 Å². The largest absolute Gasteiger partial charge is 0.493 e. The van der Waals surface area contributed by atoms with E-state index >= 15 is 0 Å². The number of anilines is 1. The number of fused-ring (bicyclic) bond motifs is 1. The Bertz CT molecular complexity index is 1250. The molecule has 0 bridgehead atoms. The van der Waals surface area contributed by atoms with E-state index in [1.54, 1.807) is 30.1 Å². The number of benzene rings is 2. The number of carbonyl (C=O) groups excluding carboxylic acids is 2. The van der Waals surface area contributed by atoms with Gasteiger partial charge in [-0.05, 0) is 60.2 Å². The van der Waals surface area contributed by atoms with Crippen molar-refractivity contribution in [2.75, 3.05) is 38.7 Å². The van der Waals surface area contributed by atoms with Crippen LogP contribution in [0.15, 0.2) is 30.3 Å². The number of hydrogen-bond acceptors (Lipinski definition) is 6. The zero-order chi connectivity index (χ0) is 28.2. The molecule has 1 aliphatic heterocycles. The van der Waals surface area contributed by atoms with Gasteiger partial charge in [0.1, 0.15) is 11.6 Å². The summed E-state index contributed by atoms with van der Waals surface area (Å²) in [7, 11) is 3.48. The molecule has 0 atom stereocenters. The number of amidine groups is 1. The van der Waals surface area contributed by atoms with Crippen LogP contribution in [0.1, 0.15) is 77.9 Å². The molecule has 1 aliphatic rings. The second-order valence-corrected chi connectivity index (χ2v) is 10.5. The zero-order valence-electron chi connectivity index (χ0n) is 23.5. The number of Topliss-reactive ketones (excluding diaryl/α,β-unsaturated/α-hetero) is 1. The number of nitrogens with zero attached hydrogens (tertiary/aromatic N) is 2. The van der Waals surface area contributed by atoms with Gasteiger partial charge in [-0.25, -0.2) is 0 Å². The summed E-state index contributed by atoms with van der Waals surface area (Å²) in [6, 6.07) is 9.08. The van der Waals surface area contributed by atoms with Crippen LogP contribution in [0.3, 0.4) is 0 Å². The highest BCUT2D eigenvalue weighted by Crippen LogP contribution is 2.34. The van der Waals surface area contributed by atoms with E-state index < -0.39 is 5.97 Å². The molecule has 0 aliphatic carbocycles. The molecule has 3 N–H and O–H groups in total. The Morgan fingerprint density at radius 2 is 1.87 bits per heavy atom. The topological polar surface area (TPSA) is 123 Å². The van der Waals surface area contributed by atoms with Crippen molar-refractivity contribution in [1.82, 2.24) is 10.2 Å². The van der Waals surface area contributed by atoms with Crippen LogP contribution >= 0.6 is 17.0 Å². The monoisotopic (exact) mass is 602 g/mol. The van der Waals surface area contributed by atoms with Gasteiger partial charge in [-0.2, -0.15) is 0 Å². The second-order valence-electron chi connectivity index (χ2n) is 10.5. The van der Waals surface area contributed by atoms with Crippen LogP contribution in [0.25, 0.3) is 0 Å². The van der Waals surface area contributed by atoms with Gasteiger partial charge < -0.3 is 25.0 Å². The summed E-state index contributed by atoms with van der Waals surface area (Å²) in [4.78, 5) is 40.4. The molecule has 0 radical (unpaired) electrons. The van der Waals surface area contributed by atoms with Crippen molar-refractivity contribution in [3.8, 4) is 5.75 Å². The summed E-state index contributed by atoms with van der Waals surface area (Å²) >= 11 is 0. The molecule has 212 valence electrons. The number of aliphatic carboxylic acids is 1. The molecular formula is C29H39BrN4O5. The van der Waals surface area contributed by atoms with Crippen molar-refractivity contribution >= 4 is 46.2 Å². The average Bonchev–Trinajstić information content (AvgIpc) is 3.15. The molecule has 1 amide bonds. The lowest BCUT2D eigenvalue weighted by Crippen LogP contribution is -2.31. The number of nitrogens with one attached hydrogen (secondary N) is 2. The smallest absolute Gasteiger partial charge is 0.303 e. The van der Waals surface area contributed by atoms with Crippen molar-refractivity contribution in [2.24, 2.45) is 0 Å². The lowest BCUT2D eigenvalue weighted by atomic mass is 9.84. The molecule has 9 nitrogen and oxygen atoms in total. The van der Waals surface area contributed by atoms with E-state index in [0.717, 1.165) is 16.8 Å². The number of hydrogen-bond donors (Lipinski definition) is 3. The van der Waals surface area contributed by atoms with Gasteiger partial charge in [0, 0.05) is 50.4 Å². The highest BCUT2D eigenvalue weighted by Gasteiger charge is 2.30. The molecular weight excluding hydrogens is 564 g/mol. The molecule has 0 unspecified atom stereocenters. The summed E-state index contributed by atoms with van der Waals surface area (Å²) in [6.07, 6.45) is 0.632. The minimum Gasteiger partial charge on any atom is -0.493 e. The standard InChI is InChI=1S/C29H38N4O5.BrH/c1-7-38-25-14-19-16-33(27(30)20(19)15-21(25)28(37)31-5)17-24(34)18-10-11-23(22(13-18)29(2,3)4)32(6)12-8-9-26(35)36;/h10-11,13-15,30H,7-9,12,16-17H2,1-6H3,(H,31,37)(H,35,36);1H. The first kappa shape index (κ1) is 31.8. The molecule has 0 saturated heterocycles. The maximum Gasteiger partial charge on any atom is 0.303 e.